The van der Waals surface area contributed by atoms with Crippen molar-refractivity contribution in [3.63, 3.8) is 0 Å². The lowest BCUT2D eigenvalue weighted by Crippen LogP contribution is -2.44. The first-order valence-corrected chi connectivity index (χ1v) is 9.86. The van der Waals surface area contributed by atoms with Crippen LogP contribution in [0.15, 0.2) is 47.4 Å². The van der Waals surface area contributed by atoms with Crippen molar-refractivity contribution in [2.75, 3.05) is 5.32 Å². The lowest BCUT2D eigenvalue weighted by molar-refractivity contribution is 0.178. The zero-order valence-electron chi connectivity index (χ0n) is 14.4. The molecule has 7 heteroatoms. The number of urea groups is 1. The van der Waals surface area contributed by atoms with Crippen LogP contribution in [0.1, 0.15) is 30.0 Å². The molecular weight excluding hydrogens is 363 g/mol. The number of hydrogen-bond acceptors (Lipinski definition) is 4. The Hall–Kier alpha value is -2.80. The number of nitrogens with zero attached hydrogens (tertiary/aromatic N) is 3. The highest BCUT2D eigenvalue weighted by Crippen LogP contribution is 2.44. The molecule has 0 radical (unpaired) electrons. The molecule has 2 atom stereocenters. The van der Waals surface area contributed by atoms with Gasteiger partial charge in [-0.15, -0.1) is 11.3 Å². The maximum Gasteiger partial charge on any atom is 0.322 e. The fourth-order valence-corrected chi connectivity index (χ4v) is 4.76. The number of nitrogens with one attached hydrogen (secondary N) is 1. The first kappa shape index (κ1) is 16.4. The highest BCUT2D eigenvalue weighted by atomic mass is 32.1. The molecule has 1 aromatic carbocycles. The van der Waals surface area contributed by atoms with E-state index >= 15 is 0 Å². The van der Waals surface area contributed by atoms with E-state index in [1.807, 2.05) is 40.6 Å². The summed E-state index contributed by atoms with van der Waals surface area (Å²) in [6, 6.07) is 9.32. The Morgan fingerprint density at radius 1 is 1.19 bits per heavy atom. The molecule has 1 N–H and O–H groups in total. The summed E-state index contributed by atoms with van der Waals surface area (Å²) in [7, 11) is 0. The average molecular weight is 380 g/mol. The molecule has 0 spiro atoms. The van der Waals surface area contributed by atoms with Gasteiger partial charge in [-0.2, -0.15) is 4.39 Å². The number of hydrogen-bond donors (Lipinski definition) is 1. The Morgan fingerprint density at radius 3 is 2.81 bits per heavy atom. The number of rotatable bonds is 2. The minimum Gasteiger partial charge on any atom is -0.314 e. The Kier molecular flexibility index (Phi) is 3.89. The van der Waals surface area contributed by atoms with E-state index in [9.17, 15) is 9.18 Å². The van der Waals surface area contributed by atoms with Crippen LogP contribution in [0.2, 0.25) is 0 Å². The molecule has 2 aliphatic heterocycles. The predicted octanol–water partition coefficient (Wildman–Crippen LogP) is 4.64. The molecule has 136 valence electrons. The molecule has 5 rings (SSSR count). The molecule has 0 aliphatic carbocycles. The van der Waals surface area contributed by atoms with E-state index in [1.54, 1.807) is 16.8 Å². The number of carbonyl (C=O) groups excluding carboxylic acids is 1. The molecule has 3 aromatic rings. The summed E-state index contributed by atoms with van der Waals surface area (Å²) < 4.78 is 14.0. The van der Waals surface area contributed by atoms with Gasteiger partial charge in [0.25, 0.3) is 0 Å². The second-order valence-electron chi connectivity index (χ2n) is 6.91. The van der Waals surface area contributed by atoms with Crippen LogP contribution in [-0.2, 0) is 6.42 Å². The molecule has 1 fully saturated rings. The van der Waals surface area contributed by atoms with E-state index in [2.05, 4.69) is 15.3 Å². The van der Waals surface area contributed by atoms with E-state index < -0.39 is 5.95 Å². The summed E-state index contributed by atoms with van der Waals surface area (Å²) in [5.74, 6) is -0.401. The maximum atomic E-state index is 14.0. The van der Waals surface area contributed by atoms with Gasteiger partial charge in [0.1, 0.15) is 0 Å². The quantitative estimate of drug-likeness (QED) is 0.659. The molecule has 2 aliphatic rings. The maximum absolute atomic E-state index is 14.0. The summed E-state index contributed by atoms with van der Waals surface area (Å²) in [6.07, 6.45) is 3.76. The largest absolute Gasteiger partial charge is 0.322 e. The number of fused-ring (bicyclic) bond motifs is 4. The van der Waals surface area contributed by atoms with Crippen LogP contribution < -0.4 is 5.32 Å². The summed E-state index contributed by atoms with van der Waals surface area (Å²) in [5, 5.41) is 4.98. The average Bonchev–Trinajstić information content (AvgIpc) is 3.31. The zero-order valence-corrected chi connectivity index (χ0v) is 15.2. The fraction of sp³-hybridized carbons (Fsp3) is 0.250. The summed E-state index contributed by atoms with van der Waals surface area (Å²) >= 11 is 1.55. The SMILES string of the molecule is O=C(Nc1ccc(-c2cscn2)cc1)N1[C@@H]2CC[C@H]1c1ccnc(F)c1C2. The molecule has 0 saturated carbocycles. The number of halogens is 1. The van der Waals surface area contributed by atoms with Gasteiger partial charge in [-0.3, -0.25) is 0 Å². The van der Waals surface area contributed by atoms with Crippen molar-refractivity contribution >= 4 is 23.1 Å². The van der Waals surface area contributed by atoms with Crippen molar-refractivity contribution < 1.29 is 9.18 Å². The van der Waals surface area contributed by atoms with Gasteiger partial charge in [0.2, 0.25) is 5.95 Å². The Balaban J connectivity index is 1.36. The number of benzene rings is 1. The van der Waals surface area contributed by atoms with Gasteiger partial charge in [-0.25, -0.2) is 14.8 Å². The van der Waals surface area contributed by atoms with Crippen LogP contribution in [0.25, 0.3) is 11.3 Å². The number of amides is 2. The highest BCUT2D eigenvalue weighted by Gasteiger charge is 2.43. The molecule has 1 saturated heterocycles. The Labute approximate surface area is 159 Å². The van der Waals surface area contributed by atoms with Gasteiger partial charge in [0.15, 0.2) is 0 Å². The molecule has 0 unspecified atom stereocenters. The molecule has 2 bridgehead atoms. The minimum atomic E-state index is -0.401. The molecule has 2 aromatic heterocycles. The van der Waals surface area contributed by atoms with Crippen molar-refractivity contribution in [3.8, 4) is 11.3 Å². The minimum absolute atomic E-state index is 0.0236. The number of carbonyl (C=O) groups is 1. The second-order valence-corrected chi connectivity index (χ2v) is 7.63. The lowest BCUT2D eigenvalue weighted by Gasteiger charge is -2.36. The van der Waals surface area contributed by atoms with Crippen LogP contribution in [0.5, 0.6) is 0 Å². The van der Waals surface area contributed by atoms with Crippen LogP contribution in [-0.4, -0.2) is 26.9 Å². The number of thiazole rings is 1. The lowest BCUT2D eigenvalue weighted by atomic mass is 9.95. The summed E-state index contributed by atoms with van der Waals surface area (Å²) in [6.45, 7) is 0. The van der Waals surface area contributed by atoms with E-state index in [4.69, 9.17) is 0 Å². The molecule has 2 amide bonds. The van der Waals surface area contributed by atoms with Crippen LogP contribution in [0.3, 0.4) is 0 Å². The van der Waals surface area contributed by atoms with Crippen molar-refractivity contribution in [2.24, 2.45) is 0 Å². The molecule has 27 heavy (non-hydrogen) atoms. The third-order valence-corrected chi connectivity index (χ3v) is 6.03. The molecule has 5 nitrogen and oxygen atoms in total. The van der Waals surface area contributed by atoms with Crippen LogP contribution in [0.4, 0.5) is 14.9 Å². The topological polar surface area (TPSA) is 58.1 Å². The van der Waals surface area contributed by atoms with Gasteiger partial charge < -0.3 is 10.2 Å². The molecule has 4 heterocycles. The second kappa shape index (κ2) is 6.42. The highest BCUT2D eigenvalue weighted by molar-refractivity contribution is 7.07. The third kappa shape index (κ3) is 2.78. The number of pyridine rings is 1. The summed E-state index contributed by atoms with van der Waals surface area (Å²) in [5.41, 5.74) is 6.05. The predicted molar refractivity (Wildman–Crippen MR) is 102 cm³/mol. The van der Waals surface area contributed by atoms with Crippen LogP contribution in [0, 0.1) is 5.95 Å². The van der Waals surface area contributed by atoms with E-state index in [1.165, 1.54) is 6.20 Å². The van der Waals surface area contributed by atoms with Crippen LogP contribution >= 0.6 is 11.3 Å². The van der Waals surface area contributed by atoms with Gasteiger partial charge >= 0.3 is 6.03 Å². The van der Waals surface area contributed by atoms with Crippen molar-refractivity contribution in [1.29, 1.82) is 0 Å². The standard InChI is InChI=1S/C20H17FN4OS/c21-19-16-9-14-5-6-18(15(16)7-8-22-19)25(14)20(26)24-13-3-1-12(2-4-13)17-10-27-11-23-17/h1-4,7-8,10-11,14,18H,5-6,9H2,(H,24,26)/t14-,18+/m1/s1. The normalized spacial score (nSPS) is 20.4. The van der Waals surface area contributed by atoms with Gasteiger partial charge in [0.05, 0.1) is 17.2 Å². The monoisotopic (exact) mass is 380 g/mol. The van der Waals surface area contributed by atoms with E-state index in [0.717, 1.165) is 35.3 Å². The first-order chi connectivity index (χ1) is 13.2. The van der Waals surface area contributed by atoms with E-state index in [-0.39, 0.29) is 18.1 Å². The van der Waals surface area contributed by atoms with Crippen molar-refractivity contribution in [3.05, 3.63) is 64.5 Å². The van der Waals surface area contributed by atoms with Gasteiger partial charge in [-0.05, 0) is 43.0 Å². The number of anilines is 1. The Morgan fingerprint density at radius 2 is 2.04 bits per heavy atom. The fourth-order valence-electron chi connectivity index (χ4n) is 4.19. The Bertz CT molecular complexity index is 990. The first-order valence-electron chi connectivity index (χ1n) is 8.92. The van der Waals surface area contributed by atoms with E-state index in [0.29, 0.717) is 12.0 Å². The number of aromatic nitrogens is 2. The third-order valence-electron chi connectivity index (χ3n) is 5.44. The smallest absolute Gasteiger partial charge is 0.314 e. The zero-order chi connectivity index (χ0) is 18.4. The van der Waals surface area contributed by atoms with Crippen molar-refractivity contribution in [1.82, 2.24) is 14.9 Å². The summed E-state index contributed by atoms with van der Waals surface area (Å²) in [4.78, 5) is 22.9. The van der Waals surface area contributed by atoms with Gasteiger partial charge in [0, 0.05) is 34.4 Å². The van der Waals surface area contributed by atoms with Crippen molar-refractivity contribution in [2.45, 2.75) is 31.3 Å². The van der Waals surface area contributed by atoms with Gasteiger partial charge in [-0.1, -0.05) is 12.1 Å². The molecular formula is C20H17FN4OS.